The van der Waals surface area contributed by atoms with Crippen LogP contribution in [0.1, 0.15) is 51.4 Å². The lowest BCUT2D eigenvalue weighted by atomic mass is 9.59. The molecule has 2 rings (SSSR count). The van der Waals surface area contributed by atoms with Crippen LogP contribution in [0.15, 0.2) is 0 Å². The van der Waals surface area contributed by atoms with Crippen LogP contribution >= 0.6 is 0 Å². The van der Waals surface area contributed by atoms with E-state index in [0.29, 0.717) is 12.0 Å². The lowest BCUT2D eigenvalue weighted by Crippen LogP contribution is -2.39. The van der Waals surface area contributed by atoms with E-state index >= 15 is 0 Å². The van der Waals surface area contributed by atoms with Crippen LogP contribution in [0.4, 0.5) is 0 Å². The second-order valence-corrected chi connectivity index (χ2v) is 4.71. The Morgan fingerprint density at radius 2 is 1.67 bits per heavy atom. The molecule has 0 aliphatic heterocycles. The van der Waals surface area contributed by atoms with Crippen molar-refractivity contribution in [2.75, 3.05) is 6.61 Å². The molecule has 0 saturated heterocycles. The van der Waals surface area contributed by atoms with E-state index in [4.69, 9.17) is 0 Å². The van der Waals surface area contributed by atoms with Crippen LogP contribution in [0.25, 0.3) is 0 Å². The normalized spacial score (nSPS) is 29.8. The fraction of sp³-hybridized carbons (Fsp3) is 1.00. The van der Waals surface area contributed by atoms with Gasteiger partial charge in [0, 0.05) is 6.61 Å². The zero-order valence-electron chi connectivity index (χ0n) is 7.89. The van der Waals surface area contributed by atoms with Crippen molar-refractivity contribution < 1.29 is 5.11 Å². The van der Waals surface area contributed by atoms with Crippen LogP contribution in [0, 0.1) is 11.3 Å². The molecule has 2 aliphatic carbocycles. The summed E-state index contributed by atoms with van der Waals surface area (Å²) in [6.07, 6.45) is 10.9. The molecule has 0 bridgehead atoms. The Labute approximate surface area is 75.2 Å². The van der Waals surface area contributed by atoms with Gasteiger partial charge in [0.2, 0.25) is 0 Å². The van der Waals surface area contributed by atoms with E-state index in [0.717, 1.165) is 5.92 Å². The standard InChI is InChI=1S/C11H20O/c12-9-11(10-5-4-6-10)7-2-1-3-8-11/h10,12H,1-9H2. The Morgan fingerprint density at radius 1 is 1.00 bits per heavy atom. The van der Waals surface area contributed by atoms with Gasteiger partial charge < -0.3 is 5.11 Å². The molecule has 0 atom stereocenters. The monoisotopic (exact) mass is 168 g/mol. The second-order valence-electron chi connectivity index (χ2n) is 4.71. The largest absolute Gasteiger partial charge is 0.396 e. The third kappa shape index (κ3) is 1.28. The molecule has 2 fully saturated rings. The van der Waals surface area contributed by atoms with Gasteiger partial charge in [0.1, 0.15) is 0 Å². The van der Waals surface area contributed by atoms with E-state index < -0.39 is 0 Å². The third-order valence-corrected chi connectivity index (χ3v) is 4.14. The van der Waals surface area contributed by atoms with Crippen molar-refractivity contribution in [1.82, 2.24) is 0 Å². The smallest absolute Gasteiger partial charge is 0.0490 e. The molecule has 0 aromatic heterocycles. The van der Waals surface area contributed by atoms with Gasteiger partial charge in [-0.3, -0.25) is 0 Å². The lowest BCUT2D eigenvalue weighted by Gasteiger charge is -2.46. The van der Waals surface area contributed by atoms with Crippen molar-refractivity contribution >= 4 is 0 Å². The first-order valence-corrected chi connectivity index (χ1v) is 5.48. The van der Waals surface area contributed by atoms with Crippen LogP contribution in [-0.2, 0) is 0 Å². The highest BCUT2D eigenvalue weighted by Crippen LogP contribution is 2.50. The molecule has 0 radical (unpaired) electrons. The van der Waals surface area contributed by atoms with Gasteiger partial charge in [0.25, 0.3) is 0 Å². The van der Waals surface area contributed by atoms with Crippen LogP contribution in [0.3, 0.4) is 0 Å². The fourth-order valence-electron chi connectivity index (χ4n) is 2.97. The van der Waals surface area contributed by atoms with Gasteiger partial charge in [-0.05, 0) is 37.0 Å². The summed E-state index contributed by atoms with van der Waals surface area (Å²) in [6.45, 7) is 0.456. The molecule has 1 N–H and O–H groups in total. The predicted octanol–water partition coefficient (Wildman–Crippen LogP) is 2.73. The van der Waals surface area contributed by atoms with Gasteiger partial charge in [0.05, 0.1) is 0 Å². The summed E-state index contributed by atoms with van der Waals surface area (Å²) in [5.74, 6) is 0.878. The molecule has 0 spiro atoms. The maximum absolute atomic E-state index is 9.48. The fourth-order valence-corrected chi connectivity index (χ4v) is 2.97. The molecule has 2 saturated carbocycles. The first-order valence-electron chi connectivity index (χ1n) is 5.48. The SMILES string of the molecule is OCC1(C2CCC2)CCCCC1. The minimum Gasteiger partial charge on any atom is -0.396 e. The zero-order chi connectivity index (χ0) is 8.44. The maximum Gasteiger partial charge on any atom is 0.0490 e. The molecule has 1 heteroatoms. The molecule has 0 amide bonds. The van der Waals surface area contributed by atoms with Crippen molar-refractivity contribution in [3.63, 3.8) is 0 Å². The van der Waals surface area contributed by atoms with Crippen molar-refractivity contribution in [3.05, 3.63) is 0 Å². The highest BCUT2D eigenvalue weighted by molar-refractivity contribution is 4.92. The quantitative estimate of drug-likeness (QED) is 0.672. The first kappa shape index (κ1) is 8.55. The number of aliphatic hydroxyl groups is 1. The van der Waals surface area contributed by atoms with Gasteiger partial charge in [-0.15, -0.1) is 0 Å². The molecular weight excluding hydrogens is 148 g/mol. The van der Waals surface area contributed by atoms with Gasteiger partial charge in [-0.2, -0.15) is 0 Å². The molecule has 0 heterocycles. The van der Waals surface area contributed by atoms with Crippen molar-refractivity contribution in [2.24, 2.45) is 11.3 Å². The van der Waals surface area contributed by atoms with Gasteiger partial charge in [-0.1, -0.05) is 25.7 Å². The zero-order valence-corrected chi connectivity index (χ0v) is 7.89. The summed E-state index contributed by atoms with van der Waals surface area (Å²) in [6, 6.07) is 0. The molecule has 0 aromatic rings. The van der Waals surface area contributed by atoms with Crippen molar-refractivity contribution in [2.45, 2.75) is 51.4 Å². The Kier molecular flexibility index (Phi) is 2.40. The molecule has 1 nitrogen and oxygen atoms in total. The lowest BCUT2D eigenvalue weighted by molar-refractivity contribution is -0.0125. The van der Waals surface area contributed by atoms with Gasteiger partial charge in [-0.25, -0.2) is 0 Å². The van der Waals surface area contributed by atoms with E-state index in [1.54, 1.807) is 0 Å². The van der Waals surface area contributed by atoms with E-state index in [9.17, 15) is 5.11 Å². The number of hydrogen-bond donors (Lipinski definition) is 1. The highest BCUT2D eigenvalue weighted by Gasteiger charge is 2.41. The Bertz CT molecular complexity index is 143. The Morgan fingerprint density at radius 3 is 2.08 bits per heavy atom. The minimum atomic E-state index is 0.372. The van der Waals surface area contributed by atoms with Gasteiger partial charge in [0.15, 0.2) is 0 Å². The van der Waals surface area contributed by atoms with Crippen molar-refractivity contribution in [3.8, 4) is 0 Å². The molecule has 2 aliphatic rings. The summed E-state index contributed by atoms with van der Waals surface area (Å²) in [7, 11) is 0. The summed E-state index contributed by atoms with van der Waals surface area (Å²) < 4.78 is 0. The van der Waals surface area contributed by atoms with Crippen LogP contribution in [0.2, 0.25) is 0 Å². The summed E-state index contributed by atoms with van der Waals surface area (Å²) in [5, 5.41) is 9.48. The average molecular weight is 168 g/mol. The predicted molar refractivity (Wildman–Crippen MR) is 49.9 cm³/mol. The van der Waals surface area contributed by atoms with Crippen LogP contribution in [-0.4, -0.2) is 11.7 Å². The number of rotatable bonds is 2. The number of aliphatic hydroxyl groups excluding tert-OH is 1. The first-order chi connectivity index (χ1) is 5.87. The topological polar surface area (TPSA) is 20.2 Å². The molecule has 0 aromatic carbocycles. The van der Waals surface area contributed by atoms with E-state index in [1.807, 2.05) is 0 Å². The molecular formula is C11H20O. The van der Waals surface area contributed by atoms with E-state index in [1.165, 1.54) is 51.4 Å². The summed E-state index contributed by atoms with van der Waals surface area (Å²) in [4.78, 5) is 0. The number of hydrogen-bond acceptors (Lipinski definition) is 1. The summed E-state index contributed by atoms with van der Waals surface area (Å²) >= 11 is 0. The summed E-state index contributed by atoms with van der Waals surface area (Å²) in [5.41, 5.74) is 0.372. The average Bonchev–Trinajstić information content (AvgIpc) is 2.03. The molecule has 0 unspecified atom stereocenters. The van der Waals surface area contributed by atoms with Gasteiger partial charge >= 0.3 is 0 Å². The Balaban J connectivity index is 2.00. The highest BCUT2D eigenvalue weighted by atomic mass is 16.3. The van der Waals surface area contributed by atoms with Crippen molar-refractivity contribution in [1.29, 1.82) is 0 Å². The van der Waals surface area contributed by atoms with E-state index in [-0.39, 0.29) is 0 Å². The maximum atomic E-state index is 9.48. The third-order valence-electron chi connectivity index (χ3n) is 4.14. The minimum absolute atomic E-state index is 0.372. The molecule has 70 valence electrons. The second kappa shape index (κ2) is 3.37. The molecule has 12 heavy (non-hydrogen) atoms. The Hall–Kier alpha value is -0.0400. The van der Waals surface area contributed by atoms with Crippen LogP contribution < -0.4 is 0 Å². The van der Waals surface area contributed by atoms with E-state index in [2.05, 4.69) is 0 Å². The van der Waals surface area contributed by atoms with Crippen LogP contribution in [0.5, 0.6) is 0 Å².